The van der Waals surface area contributed by atoms with Gasteiger partial charge in [-0.2, -0.15) is 0 Å². The van der Waals surface area contributed by atoms with E-state index in [1.54, 1.807) is 0 Å². The standard InChI is InChI=1S/C22H25NO2/c1-2-25-20-12-10-17(11-13-20)21-7-4-14-23(21)22(24)19-9-8-16-5-3-6-18(16)15-19/h8-13,15,21H,2-7,14H2,1H3. The van der Waals surface area contributed by atoms with Crippen LogP contribution in [-0.2, 0) is 12.8 Å². The van der Waals surface area contributed by atoms with Crippen LogP contribution in [0.25, 0.3) is 0 Å². The Labute approximate surface area is 149 Å². The first-order chi connectivity index (χ1) is 12.3. The molecule has 0 aromatic heterocycles. The van der Waals surface area contributed by atoms with E-state index in [-0.39, 0.29) is 11.9 Å². The largest absolute Gasteiger partial charge is 0.494 e. The molecule has 1 unspecified atom stereocenters. The van der Waals surface area contributed by atoms with Gasteiger partial charge in [0.2, 0.25) is 0 Å². The highest BCUT2D eigenvalue weighted by molar-refractivity contribution is 5.95. The first-order valence-electron chi connectivity index (χ1n) is 9.42. The van der Waals surface area contributed by atoms with Crippen molar-refractivity contribution in [2.24, 2.45) is 0 Å². The first kappa shape index (κ1) is 16.2. The maximum Gasteiger partial charge on any atom is 0.254 e. The molecule has 0 bridgehead atoms. The van der Waals surface area contributed by atoms with E-state index < -0.39 is 0 Å². The van der Waals surface area contributed by atoms with Gasteiger partial charge >= 0.3 is 0 Å². The van der Waals surface area contributed by atoms with Gasteiger partial charge < -0.3 is 9.64 Å². The van der Waals surface area contributed by atoms with Gasteiger partial charge in [-0.25, -0.2) is 0 Å². The number of carbonyl (C=O) groups is 1. The van der Waals surface area contributed by atoms with Crippen LogP contribution in [0.2, 0.25) is 0 Å². The number of amides is 1. The average molecular weight is 335 g/mol. The van der Waals surface area contributed by atoms with Crippen molar-refractivity contribution in [2.45, 2.75) is 45.1 Å². The van der Waals surface area contributed by atoms with Gasteiger partial charge in [-0.15, -0.1) is 0 Å². The van der Waals surface area contributed by atoms with Crippen molar-refractivity contribution in [1.82, 2.24) is 4.90 Å². The Morgan fingerprint density at radius 3 is 2.68 bits per heavy atom. The number of hydrogen-bond donors (Lipinski definition) is 0. The first-order valence-corrected chi connectivity index (χ1v) is 9.42. The summed E-state index contributed by atoms with van der Waals surface area (Å²) in [6.45, 7) is 3.50. The van der Waals surface area contributed by atoms with Gasteiger partial charge in [-0.3, -0.25) is 4.79 Å². The molecule has 1 saturated heterocycles. The summed E-state index contributed by atoms with van der Waals surface area (Å²) in [4.78, 5) is 15.1. The van der Waals surface area contributed by atoms with E-state index in [1.807, 2.05) is 30.0 Å². The summed E-state index contributed by atoms with van der Waals surface area (Å²) in [6.07, 6.45) is 5.58. The Kier molecular flexibility index (Phi) is 4.48. The lowest BCUT2D eigenvalue weighted by atomic mass is 10.0. The number of aryl methyl sites for hydroxylation is 2. The number of likely N-dealkylation sites (tertiary alicyclic amines) is 1. The molecule has 3 heteroatoms. The number of benzene rings is 2. The number of rotatable bonds is 4. The lowest BCUT2D eigenvalue weighted by molar-refractivity contribution is 0.0735. The molecule has 0 N–H and O–H groups in total. The zero-order chi connectivity index (χ0) is 17.2. The summed E-state index contributed by atoms with van der Waals surface area (Å²) in [5, 5.41) is 0. The Morgan fingerprint density at radius 1 is 1.08 bits per heavy atom. The monoisotopic (exact) mass is 335 g/mol. The van der Waals surface area contributed by atoms with E-state index in [9.17, 15) is 4.79 Å². The van der Waals surface area contributed by atoms with E-state index in [0.29, 0.717) is 6.61 Å². The molecule has 1 atom stereocenters. The molecule has 2 aliphatic rings. The van der Waals surface area contributed by atoms with Crippen LogP contribution >= 0.6 is 0 Å². The highest BCUT2D eigenvalue weighted by Gasteiger charge is 2.31. The molecule has 1 fully saturated rings. The van der Waals surface area contributed by atoms with Crippen LogP contribution in [0.5, 0.6) is 5.75 Å². The molecule has 0 saturated carbocycles. The predicted molar refractivity (Wildman–Crippen MR) is 99.1 cm³/mol. The number of nitrogens with zero attached hydrogens (tertiary/aromatic N) is 1. The number of hydrogen-bond acceptors (Lipinski definition) is 2. The molecule has 0 spiro atoms. The molecular formula is C22H25NO2. The minimum Gasteiger partial charge on any atom is -0.494 e. The summed E-state index contributed by atoms with van der Waals surface area (Å²) in [5.41, 5.74) is 4.83. The van der Waals surface area contributed by atoms with Gasteiger partial charge in [-0.1, -0.05) is 18.2 Å². The van der Waals surface area contributed by atoms with Crippen LogP contribution in [0.15, 0.2) is 42.5 Å². The van der Waals surface area contributed by atoms with E-state index >= 15 is 0 Å². The fourth-order valence-corrected chi connectivity index (χ4v) is 4.18. The van der Waals surface area contributed by atoms with E-state index in [1.165, 1.54) is 23.1 Å². The normalized spacial score (nSPS) is 19.1. The average Bonchev–Trinajstić information content (AvgIpc) is 3.30. The SMILES string of the molecule is CCOc1ccc(C2CCCN2C(=O)c2ccc3c(c2)CCC3)cc1. The van der Waals surface area contributed by atoms with E-state index in [2.05, 4.69) is 24.3 Å². The van der Waals surface area contributed by atoms with Crippen LogP contribution in [0, 0.1) is 0 Å². The lowest BCUT2D eigenvalue weighted by Gasteiger charge is -2.25. The number of ether oxygens (including phenoxy) is 1. The Hall–Kier alpha value is -2.29. The van der Waals surface area contributed by atoms with Crippen LogP contribution in [-0.4, -0.2) is 24.0 Å². The van der Waals surface area contributed by atoms with Crippen LogP contribution in [0.4, 0.5) is 0 Å². The molecule has 1 aliphatic heterocycles. The van der Waals surface area contributed by atoms with Crippen LogP contribution < -0.4 is 4.74 Å². The Bertz CT molecular complexity index is 766. The van der Waals surface area contributed by atoms with E-state index in [4.69, 9.17) is 4.74 Å². The van der Waals surface area contributed by atoms with Crippen LogP contribution in [0.3, 0.4) is 0 Å². The minimum atomic E-state index is 0.172. The second kappa shape index (κ2) is 6.91. The minimum absolute atomic E-state index is 0.172. The third-order valence-corrected chi connectivity index (χ3v) is 5.43. The van der Waals surface area contributed by atoms with Gasteiger partial charge in [0.05, 0.1) is 12.6 Å². The van der Waals surface area contributed by atoms with Crippen molar-refractivity contribution in [3.63, 3.8) is 0 Å². The smallest absolute Gasteiger partial charge is 0.254 e. The van der Waals surface area contributed by atoms with Gasteiger partial charge in [0, 0.05) is 12.1 Å². The third kappa shape index (κ3) is 3.15. The summed E-state index contributed by atoms with van der Waals surface area (Å²) >= 11 is 0. The van der Waals surface area contributed by atoms with Crippen LogP contribution in [0.1, 0.15) is 59.3 Å². The van der Waals surface area contributed by atoms with Gasteiger partial charge in [0.15, 0.2) is 0 Å². The lowest BCUT2D eigenvalue weighted by Crippen LogP contribution is -2.30. The molecular weight excluding hydrogens is 310 g/mol. The molecule has 0 radical (unpaired) electrons. The second-order valence-corrected chi connectivity index (χ2v) is 7.00. The summed E-state index contributed by atoms with van der Waals surface area (Å²) in [6, 6.07) is 14.7. The van der Waals surface area contributed by atoms with Crippen molar-refractivity contribution >= 4 is 5.91 Å². The zero-order valence-corrected chi connectivity index (χ0v) is 14.8. The van der Waals surface area contributed by atoms with Gasteiger partial charge in [-0.05, 0) is 80.0 Å². The van der Waals surface area contributed by atoms with E-state index in [0.717, 1.165) is 43.5 Å². The molecule has 25 heavy (non-hydrogen) atoms. The molecule has 2 aromatic rings. The van der Waals surface area contributed by atoms with Crippen molar-refractivity contribution in [3.05, 3.63) is 64.7 Å². The Balaban J connectivity index is 1.55. The molecule has 4 rings (SSSR count). The summed E-state index contributed by atoms with van der Waals surface area (Å²) in [7, 11) is 0. The highest BCUT2D eigenvalue weighted by atomic mass is 16.5. The van der Waals surface area contributed by atoms with Crippen molar-refractivity contribution in [1.29, 1.82) is 0 Å². The van der Waals surface area contributed by atoms with Crippen molar-refractivity contribution in [2.75, 3.05) is 13.2 Å². The summed E-state index contributed by atoms with van der Waals surface area (Å²) < 4.78 is 5.53. The highest BCUT2D eigenvalue weighted by Crippen LogP contribution is 2.34. The molecule has 130 valence electrons. The van der Waals surface area contributed by atoms with Gasteiger partial charge in [0.1, 0.15) is 5.75 Å². The van der Waals surface area contributed by atoms with Gasteiger partial charge in [0.25, 0.3) is 5.91 Å². The molecule has 1 aliphatic carbocycles. The molecule has 2 aromatic carbocycles. The fourth-order valence-electron chi connectivity index (χ4n) is 4.18. The molecule has 1 amide bonds. The molecule has 1 heterocycles. The fraction of sp³-hybridized carbons (Fsp3) is 0.409. The van der Waals surface area contributed by atoms with Crippen molar-refractivity contribution < 1.29 is 9.53 Å². The zero-order valence-electron chi connectivity index (χ0n) is 14.8. The number of fused-ring (bicyclic) bond motifs is 1. The predicted octanol–water partition coefficient (Wildman–Crippen LogP) is 4.55. The quantitative estimate of drug-likeness (QED) is 0.820. The van der Waals surface area contributed by atoms with Crippen molar-refractivity contribution in [3.8, 4) is 5.75 Å². The second-order valence-electron chi connectivity index (χ2n) is 7.00. The number of carbonyl (C=O) groups excluding carboxylic acids is 1. The third-order valence-electron chi connectivity index (χ3n) is 5.43. The topological polar surface area (TPSA) is 29.5 Å². The summed E-state index contributed by atoms with van der Waals surface area (Å²) in [5.74, 6) is 1.06. The maximum absolute atomic E-state index is 13.1. The Morgan fingerprint density at radius 2 is 1.88 bits per heavy atom. The maximum atomic E-state index is 13.1. The molecule has 3 nitrogen and oxygen atoms in total.